The van der Waals surface area contributed by atoms with Crippen molar-refractivity contribution in [1.29, 1.82) is 0 Å². The fourth-order valence-electron chi connectivity index (χ4n) is 2.56. The highest BCUT2D eigenvalue weighted by Gasteiger charge is 2.08. The van der Waals surface area contributed by atoms with E-state index in [0.717, 1.165) is 11.3 Å². The summed E-state index contributed by atoms with van der Waals surface area (Å²) in [5.74, 6) is -0.528. The van der Waals surface area contributed by atoms with Crippen LogP contribution in [-0.4, -0.2) is 28.1 Å². The number of rotatable bonds is 7. The summed E-state index contributed by atoms with van der Waals surface area (Å²) in [4.78, 5) is 24.0. The van der Waals surface area contributed by atoms with Crippen molar-refractivity contribution in [2.45, 2.75) is 12.8 Å². The SMILES string of the molecule is O=C(CCc1ccc(Cl)cc1Cl)NCC(=O)Nc1ccc(-n2cccn2)cc1. The van der Waals surface area contributed by atoms with E-state index in [0.29, 0.717) is 22.2 Å². The Morgan fingerprint density at radius 3 is 2.50 bits per heavy atom. The molecule has 0 atom stereocenters. The monoisotopic (exact) mass is 416 g/mol. The number of halogens is 2. The molecule has 0 unspecified atom stereocenters. The predicted octanol–water partition coefficient (Wildman–Crippen LogP) is 3.87. The number of amides is 2. The topological polar surface area (TPSA) is 76.0 Å². The Hall–Kier alpha value is -2.83. The van der Waals surface area contributed by atoms with Gasteiger partial charge in [-0.25, -0.2) is 4.68 Å². The second-order valence-electron chi connectivity index (χ2n) is 6.06. The van der Waals surface area contributed by atoms with Gasteiger partial charge in [-0.05, 0) is 54.4 Å². The molecule has 0 spiro atoms. The zero-order valence-electron chi connectivity index (χ0n) is 14.9. The van der Waals surface area contributed by atoms with Crippen LogP contribution < -0.4 is 10.6 Å². The van der Waals surface area contributed by atoms with Gasteiger partial charge in [0.25, 0.3) is 0 Å². The molecule has 2 aromatic carbocycles. The van der Waals surface area contributed by atoms with Crippen LogP contribution in [0.1, 0.15) is 12.0 Å². The molecule has 0 saturated heterocycles. The largest absolute Gasteiger partial charge is 0.347 e. The van der Waals surface area contributed by atoms with Crippen molar-refractivity contribution in [2.75, 3.05) is 11.9 Å². The van der Waals surface area contributed by atoms with Crippen LogP contribution in [0.5, 0.6) is 0 Å². The number of nitrogens with zero attached hydrogens (tertiary/aromatic N) is 2. The number of anilines is 1. The van der Waals surface area contributed by atoms with E-state index in [1.54, 1.807) is 41.2 Å². The number of carbonyl (C=O) groups excluding carboxylic acids is 2. The maximum absolute atomic E-state index is 12.0. The van der Waals surface area contributed by atoms with Gasteiger partial charge < -0.3 is 10.6 Å². The summed E-state index contributed by atoms with van der Waals surface area (Å²) >= 11 is 11.9. The molecule has 0 aliphatic heterocycles. The molecular weight excluding hydrogens is 399 g/mol. The average Bonchev–Trinajstić information content (AvgIpc) is 3.21. The Bertz CT molecular complexity index is 957. The maximum Gasteiger partial charge on any atom is 0.243 e. The van der Waals surface area contributed by atoms with E-state index >= 15 is 0 Å². The molecule has 0 bridgehead atoms. The summed E-state index contributed by atoms with van der Waals surface area (Å²) in [6, 6.07) is 14.2. The third-order valence-corrected chi connectivity index (χ3v) is 4.59. The number of nitrogens with one attached hydrogen (secondary N) is 2. The standard InChI is InChI=1S/C20H18Cl2N4O2/c21-15-4-2-14(18(22)12-15)3-9-19(27)23-13-20(28)25-16-5-7-17(8-6-16)26-11-1-10-24-26/h1-2,4-8,10-12H,3,9,13H2,(H,23,27)(H,25,28). The van der Waals surface area contributed by atoms with Crippen LogP contribution in [0, 0.1) is 0 Å². The number of aromatic nitrogens is 2. The lowest BCUT2D eigenvalue weighted by molar-refractivity contribution is -0.124. The fourth-order valence-corrected chi connectivity index (χ4v) is 3.07. The second kappa shape index (κ2) is 9.39. The Balaban J connectivity index is 1.43. The van der Waals surface area contributed by atoms with E-state index in [1.807, 2.05) is 24.4 Å². The molecule has 2 amide bonds. The Labute approximate surface area is 172 Å². The van der Waals surface area contributed by atoms with Crippen molar-refractivity contribution < 1.29 is 9.59 Å². The number of aryl methyl sites for hydroxylation is 1. The molecule has 28 heavy (non-hydrogen) atoms. The molecule has 0 fully saturated rings. The number of hydrogen-bond donors (Lipinski definition) is 2. The van der Waals surface area contributed by atoms with Crippen molar-refractivity contribution >= 4 is 40.7 Å². The smallest absolute Gasteiger partial charge is 0.243 e. The summed E-state index contributed by atoms with van der Waals surface area (Å²) < 4.78 is 1.72. The zero-order valence-corrected chi connectivity index (χ0v) is 16.4. The molecule has 3 aromatic rings. The predicted molar refractivity (Wildman–Crippen MR) is 110 cm³/mol. The van der Waals surface area contributed by atoms with E-state index in [4.69, 9.17) is 23.2 Å². The van der Waals surface area contributed by atoms with Crippen LogP contribution >= 0.6 is 23.2 Å². The van der Waals surface area contributed by atoms with Gasteiger partial charge in [0.15, 0.2) is 0 Å². The van der Waals surface area contributed by atoms with Crippen LogP contribution in [0.4, 0.5) is 5.69 Å². The number of hydrogen-bond acceptors (Lipinski definition) is 3. The Kier molecular flexibility index (Phi) is 6.68. The first-order valence-electron chi connectivity index (χ1n) is 8.62. The zero-order chi connectivity index (χ0) is 19.9. The van der Waals surface area contributed by atoms with Gasteiger partial charge in [0.05, 0.1) is 12.2 Å². The number of benzene rings is 2. The molecule has 1 aromatic heterocycles. The third-order valence-electron chi connectivity index (χ3n) is 4.00. The molecule has 8 heteroatoms. The molecule has 144 valence electrons. The molecule has 0 aliphatic carbocycles. The summed E-state index contributed by atoms with van der Waals surface area (Å²) in [6.07, 6.45) is 4.23. The Morgan fingerprint density at radius 1 is 1.04 bits per heavy atom. The van der Waals surface area contributed by atoms with Crippen molar-refractivity contribution in [1.82, 2.24) is 15.1 Å². The first kappa shape index (κ1) is 19.9. The molecule has 0 aliphatic rings. The normalized spacial score (nSPS) is 10.5. The lowest BCUT2D eigenvalue weighted by Crippen LogP contribution is -2.32. The molecular formula is C20H18Cl2N4O2. The first-order chi connectivity index (χ1) is 13.5. The summed E-state index contributed by atoms with van der Waals surface area (Å²) in [5, 5.41) is 10.6. The van der Waals surface area contributed by atoms with Crippen molar-refractivity contribution in [2.24, 2.45) is 0 Å². The summed E-state index contributed by atoms with van der Waals surface area (Å²) in [7, 11) is 0. The summed E-state index contributed by atoms with van der Waals surface area (Å²) in [6.45, 7) is -0.103. The summed E-state index contributed by atoms with van der Waals surface area (Å²) in [5.41, 5.74) is 2.36. The molecule has 1 heterocycles. The molecule has 6 nitrogen and oxygen atoms in total. The minimum Gasteiger partial charge on any atom is -0.347 e. The first-order valence-corrected chi connectivity index (χ1v) is 9.37. The third kappa shape index (κ3) is 5.58. The van der Waals surface area contributed by atoms with Gasteiger partial charge in [-0.15, -0.1) is 0 Å². The van der Waals surface area contributed by atoms with E-state index in [1.165, 1.54) is 0 Å². The van der Waals surface area contributed by atoms with Crippen molar-refractivity contribution in [3.05, 3.63) is 76.5 Å². The van der Waals surface area contributed by atoms with Gasteiger partial charge >= 0.3 is 0 Å². The average molecular weight is 417 g/mol. The highest BCUT2D eigenvalue weighted by atomic mass is 35.5. The van der Waals surface area contributed by atoms with E-state index in [9.17, 15) is 9.59 Å². The van der Waals surface area contributed by atoms with Gasteiger partial charge in [0, 0.05) is 34.5 Å². The van der Waals surface area contributed by atoms with Crippen molar-refractivity contribution in [3.8, 4) is 5.69 Å². The quantitative estimate of drug-likeness (QED) is 0.613. The van der Waals surface area contributed by atoms with Crippen LogP contribution in [0.2, 0.25) is 10.0 Å². The fraction of sp³-hybridized carbons (Fsp3) is 0.150. The lowest BCUT2D eigenvalue weighted by Gasteiger charge is -2.09. The second-order valence-corrected chi connectivity index (χ2v) is 6.90. The number of carbonyl (C=O) groups is 2. The van der Waals surface area contributed by atoms with Gasteiger partial charge in [0.1, 0.15) is 0 Å². The Morgan fingerprint density at radius 2 is 1.82 bits per heavy atom. The highest BCUT2D eigenvalue weighted by Crippen LogP contribution is 2.22. The van der Waals surface area contributed by atoms with Crippen molar-refractivity contribution in [3.63, 3.8) is 0 Å². The van der Waals surface area contributed by atoms with Gasteiger partial charge in [-0.2, -0.15) is 5.10 Å². The van der Waals surface area contributed by atoms with Crippen LogP contribution in [0.15, 0.2) is 60.9 Å². The van der Waals surface area contributed by atoms with Gasteiger partial charge in [-0.1, -0.05) is 29.3 Å². The van der Waals surface area contributed by atoms with Crippen LogP contribution in [0.25, 0.3) is 5.69 Å². The van der Waals surface area contributed by atoms with E-state index < -0.39 is 0 Å². The van der Waals surface area contributed by atoms with Gasteiger partial charge in [0.2, 0.25) is 11.8 Å². The molecule has 3 rings (SSSR count). The van der Waals surface area contributed by atoms with E-state index in [-0.39, 0.29) is 24.8 Å². The lowest BCUT2D eigenvalue weighted by atomic mass is 10.1. The molecule has 0 radical (unpaired) electrons. The minimum atomic E-state index is -0.301. The molecule has 0 saturated carbocycles. The maximum atomic E-state index is 12.0. The van der Waals surface area contributed by atoms with Gasteiger partial charge in [-0.3, -0.25) is 9.59 Å². The minimum absolute atomic E-state index is 0.103. The van der Waals surface area contributed by atoms with E-state index in [2.05, 4.69) is 15.7 Å². The van der Waals surface area contributed by atoms with Crippen LogP contribution in [0.3, 0.4) is 0 Å². The van der Waals surface area contributed by atoms with Crippen LogP contribution in [-0.2, 0) is 16.0 Å². The molecule has 2 N–H and O–H groups in total. The highest BCUT2D eigenvalue weighted by molar-refractivity contribution is 6.35.